The predicted octanol–water partition coefficient (Wildman–Crippen LogP) is 1.12. The van der Waals surface area contributed by atoms with Gasteiger partial charge in [0.05, 0.1) is 10.6 Å². The van der Waals surface area contributed by atoms with E-state index in [0.29, 0.717) is 24.4 Å². The lowest BCUT2D eigenvalue weighted by Gasteiger charge is -2.31. The number of hydrogen-bond donors (Lipinski definition) is 1. The van der Waals surface area contributed by atoms with Crippen molar-refractivity contribution in [3.63, 3.8) is 0 Å². The Bertz CT molecular complexity index is 627. The maximum absolute atomic E-state index is 12.0. The number of likely N-dealkylation sites (N-methyl/N-ethyl adjacent to an activating group) is 1. The molecule has 0 bridgehead atoms. The van der Waals surface area contributed by atoms with Gasteiger partial charge in [-0.1, -0.05) is 13.8 Å². The minimum atomic E-state index is -3.55. The molecule has 0 aromatic heterocycles. The molecule has 0 radical (unpaired) electrons. The third-order valence-electron chi connectivity index (χ3n) is 3.18. The van der Waals surface area contributed by atoms with Gasteiger partial charge in [0.15, 0.2) is 6.10 Å². The molecule has 1 aliphatic heterocycles. The molecule has 2 rings (SSSR count). The van der Waals surface area contributed by atoms with E-state index in [1.54, 1.807) is 20.0 Å². The Morgan fingerprint density at radius 1 is 1.35 bits per heavy atom. The molecule has 1 aromatic rings. The summed E-state index contributed by atoms with van der Waals surface area (Å²) in [6.07, 6.45) is 0.0591. The maximum Gasteiger partial charge on any atom is 0.267 e. The first kappa shape index (κ1) is 14.8. The Morgan fingerprint density at radius 3 is 2.65 bits per heavy atom. The SMILES string of the molecule is CCNS(=O)(=O)c1ccc2c(c1)N(C)C(=O)C(CC)O2. The minimum absolute atomic E-state index is 0.122. The van der Waals surface area contributed by atoms with Crippen molar-refractivity contribution in [2.24, 2.45) is 0 Å². The van der Waals surface area contributed by atoms with E-state index >= 15 is 0 Å². The van der Waals surface area contributed by atoms with E-state index in [1.807, 2.05) is 6.92 Å². The number of sulfonamides is 1. The highest BCUT2D eigenvalue weighted by molar-refractivity contribution is 7.89. The predicted molar refractivity (Wildman–Crippen MR) is 75.4 cm³/mol. The van der Waals surface area contributed by atoms with Gasteiger partial charge in [-0.2, -0.15) is 0 Å². The molecule has 20 heavy (non-hydrogen) atoms. The molecule has 1 atom stereocenters. The standard InChI is InChI=1S/C13H18N2O4S/c1-4-11-13(16)15(3)10-8-9(6-7-12(10)19-11)20(17,18)14-5-2/h6-8,11,14H,4-5H2,1-3H3. The normalized spacial score (nSPS) is 18.6. The van der Waals surface area contributed by atoms with Gasteiger partial charge >= 0.3 is 0 Å². The first-order valence-corrected chi connectivity index (χ1v) is 7.97. The van der Waals surface area contributed by atoms with Crippen LogP contribution in [0.3, 0.4) is 0 Å². The van der Waals surface area contributed by atoms with Gasteiger partial charge in [-0.15, -0.1) is 0 Å². The molecule has 1 amide bonds. The molecule has 1 unspecified atom stereocenters. The molecule has 6 nitrogen and oxygen atoms in total. The summed E-state index contributed by atoms with van der Waals surface area (Å²) in [4.78, 5) is 13.6. The fraction of sp³-hybridized carbons (Fsp3) is 0.462. The first-order valence-electron chi connectivity index (χ1n) is 6.48. The van der Waals surface area contributed by atoms with E-state index in [1.165, 1.54) is 17.0 Å². The van der Waals surface area contributed by atoms with Crippen LogP contribution in [0.25, 0.3) is 0 Å². The van der Waals surface area contributed by atoms with Crippen molar-refractivity contribution in [1.82, 2.24) is 4.72 Å². The highest BCUT2D eigenvalue weighted by Crippen LogP contribution is 2.35. The van der Waals surface area contributed by atoms with Gasteiger partial charge in [0, 0.05) is 13.6 Å². The number of ether oxygens (including phenoxy) is 1. The smallest absolute Gasteiger partial charge is 0.267 e. The van der Waals surface area contributed by atoms with E-state index in [0.717, 1.165) is 0 Å². The summed E-state index contributed by atoms with van der Waals surface area (Å²) >= 11 is 0. The molecule has 7 heteroatoms. The summed E-state index contributed by atoms with van der Waals surface area (Å²) in [5.41, 5.74) is 0.471. The average molecular weight is 298 g/mol. The van der Waals surface area contributed by atoms with Crippen LogP contribution in [-0.2, 0) is 14.8 Å². The van der Waals surface area contributed by atoms with Gasteiger partial charge in [-0.25, -0.2) is 13.1 Å². The third-order valence-corrected chi connectivity index (χ3v) is 4.73. The van der Waals surface area contributed by atoms with Gasteiger partial charge in [0.25, 0.3) is 5.91 Å². The second-order valence-electron chi connectivity index (χ2n) is 4.54. The second kappa shape index (κ2) is 5.41. The average Bonchev–Trinajstić information content (AvgIpc) is 2.42. The van der Waals surface area contributed by atoms with Crippen molar-refractivity contribution in [3.8, 4) is 5.75 Å². The van der Waals surface area contributed by atoms with E-state index in [9.17, 15) is 13.2 Å². The van der Waals surface area contributed by atoms with Crippen LogP contribution in [0.4, 0.5) is 5.69 Å². The Kier molecular flexibility index (Phi) is 4.01. The molecule has 0 saturated heterocycles. The highest BCUT2D eigenvalue weighted by Gasteiger charge is 2.31. The lowest BCUT2D eigenvalue weighted by atomic mass is 10.1. The number of hydrogen-bond acceptors (Lipinski definition) is 4. The second-order valence-corrected chi connectivity index (χ2v) is 6.31. The van der Waals surface area contributed by atoms with Crippen LogP contribution in [0, 0.1) is 0 Å². The fourth-order valence-electron chi connectivity index (χ4n) is 2.10. The Balaban J connectivity index is 2.45. The molecule has 1 heterocycles. The molecular weight excluding hydrogens is 280 g/mol. The van der Waals surface area contributed by atoms with Crippen LogP contribution in [0.1, 0.15) is 20.3 Å². The molecule has 0 fully saturated rings. The number of nitrogens with one attached hydrogen (secondary N) is 1. The number of carbonyl (C=O) groups is 1. The molecule has 0 aliphatic carbocycles. The minimum Gasteiger partial charge on any atom is -0.478 e. The van der Waals surface area contributed by atoms with Gasteiger partial charge < -0.3 is 9.64 Å². The van der Waals surface area contributed by atoms with Gasteiger partial charge in [0.1, 0.15) is 5.75 Å². The van der Waals surface area contributed by atoms with E-state index < -0.39 is 16.1 Å². The van der Waals surface area contributed by atoms with E-state index in [-0.39, 0.29) is 10.8 Å². The highest BCUT2D eigenvalue weighted by atomic mass is 32.2. The van der Waals surface area contributed by atoms with Crippen molar-refractivity contribution in [2.75, 3.05) is 18.5 Å². The maximum atomic E-state index is 12.0. The van der Waals surface area contributed by atoms with Crippen molar-refractivity contribution >= 4 is 21.6 Å². The molecular formula is C13H18N2O4S. The number of amides is 1. The third kappa shape index (κ3) is 2.51. The largest absolute Gasteiger partial charge is 0.478 e. The summed E-state index contributed by atoms with van der Waals surface area (Å²) in [7, 11) is -1.93. The van der Waals surface area contributed by atoms with E-state index in [2.05, 4.69) is 4.72 Å². The van der Waals surface area contributed by atoms with Gasteiger partial charge in [-0.05, 0) is 24.6 Å². The molecule has 1 N–H and O–H groups in total. The van der Waals surface area contributed by atoms with Gasteiger partial charge in [-0.3, -0.25) is 4.79 Å². The molecule has 110 valence electrons. The summed E-state index contributed by atoms with van der Waals surface area (Å²) < 4.78 is 31.9. The zero-order valence-corrected chi connectivity index (χ0v) is 12.5. The van der Waals surface area contributed by atoms with Crippen LogP contribution < -0.4 is 14.4 Å². The number of anilines is 1. The zero-order chi connectivity index (χ0) is 14.9. The van der Waals surface area contributed by atoms with Crippen LogP contribution in [0.2, 0.25) is 0 Å². The number of carbonyl (C=O) groups excluding carboxylic acids is 1. The van der Waals surface area contributed by atoms with Crippen LogP contribution in [0.15, 0.2) is 23.1 Å². The van der Waals surface area contributed by atoms with Crippen LogP contribution in [-0.4, -0.2) is 34.0 Å². The lowest BCUT2D eigenvalue weighted by Crippen LogP contribution is -2.43. The molecule has 1 aliphatic rings. The van der Waals surface area contributed by atoms with Crippen molar-refractivity contribution in [1.29, 1.82) is 0 Å². The summed E-state index contributed by atoms with van der Waals surface area (Å²) in [5, 5.41) is 0. The first-order chi connectivity index (χ1) is 9.40. The number of benzene rings is 1. The monoisotopic (exact) mass is 298 g/mol. The summed E-state index contributed by atoms with van der Waals surface area (Å²) in [5.74, 6) is 0.354. The van der Waals surface area contributed by atoms with Crippen molar-refractivity contribution in [2.45, 2.75) is 31.3 Å². The van der Waals surface area contributed by atoms with Crippen molar-refractivity contribution < 1.29 is 17.9 Å². The van der Waals surface area contributed by atoms with Crippen LogP contribution >= 0.6 is 0 Å². The fourth-order valence-corrected chi connectivity index (χ4v) is 3.16. The molecule has 1 aromatic carbocycles. The number of rotatable bonds is 4. The van der Waals surface area contributed by atoms with Gasteiger partial charge in [0.2, 0.25) is 10.0 Å². The lowest BCUT2D eigenvalue weighted by molar-refractivity contribution is -0.126. The Hall–Kier alpha value is -1.60. The summed E-state index contributed by atoms with van der Waals surface area (Å²) in [6, 6.07) is 4.52. The quantitative estimate of drug-likeness (QED) is 0.903. The topological polar surface area (TPSA) is 75.7 Å². The van der Waals surface area contributed by atoms with Crippen LogP contribution in [0.5, 0.6) is 5.75 Å². The number of nitrogens with zero attached hydrogens (tertiary/aromatic N) is 1. The number of fused-ring (bicyclic) bond motifs is 1. The Labute approximate surface area is 118 Å². The summed E-state index contributed by atoms with van der Waals surface area (Å²) in [6.45, 7) is 3.88. The van der Waals surface area contributed by atoms with E-state index in [4.69, 9.17) is 4.74 Å². The zero-order valence-electron chi connectivity index (χ0n) is 11.7. The van der Waals surface area contributed by atoms with Crippen molar-refractivity contribution in [3.05, 3.63) is 18.2 Å². The molecule has 0 spiro atoms. The molecule has 0 saturated carbocycles. The Morgan fingerprint density at radius 2 is 2.05 bits per heavy atom.